The molecule has 4 heteroatoms. The van der Waals surface area contributed by atoms with Crippen molar-refractivity contribution < 1.29 is 19.4 Å². The number of carbonyl (C=O) groups excluding carboxylic acids is 2. The summed E-state index contributed by atoms with van der Waals surface area (Å²) in [6.07, 6.45) is 10.2. The number of hydrogen-bond donors (Lipinski definition) is 1. The first-order valence-corrected chi connectivity index (χ1v) is 10.9. The van der Waals surface area contributed by atoms with E-state index < -0.39 is 5.60 Å². The number of fused-ring (bicyclic) bond motifs is 5. The first-order valence-electron chi connectivity index (χ1n) is 10.9. The van der Waals surface area contributed by atoms with Crippen molar-refractivity contribution in [2.24, 2.45) is 34.5 Å². The third-order valence-electron chi connectivity index (χ3n) is 9.80. The molecule has 4 saturated carbocycles. The van der Waals surface area contributed by atoms with Crippen LogP contribution >= 0.6 is 0 Å². The third-order valence-corrected chi connectivity index (χ3v) is 9.80. The molecule has 0 amide bonds. The number of aliphatic hydroxyl groups is 1. The van der Waals surface area contributed by atoms with Crippen molar-refractivity contribution >= 4 is 11.8 Å². The van der Waals surface area contributed by atoms with Crippen LogP contribution in [0.4, 0.5) is 0 Å². The number of hydrogen-bond acceptors (Lipinski definition) is 4. The van der Waals surface area contributed by atoms with E-state index in [9.17, 15) is 14.7 Å². The maximum Gasteiger partial charge on any atom is 0.331 e. The van der Waals surface area contributed by atoms with Crippen LogP contribution in [0.3, 0.4) is 0 Å². The molecule has 1 heterocycles. The van der Waals surface area contributed by atoms with Gasteiger partial charge in [0.05, 0.1) is 5.60 Å². The molecular weight excluding hydrogens is 340 g/mol. The van der Waals surface area contributed by atoms with Gasteiger partial charge in [0.2, 0.25) is 0 Å². The van der Waals surface area contributed by atoms with Gasteiger partial charge in [-0.15, -0.1) is 0 Å². The van der Waals surface area contributed by atoms with E-state index in [4.69, 9.17) is 4.74 Å². The van der Waals surface area contributed by atoms with Crippen LogP contribution in [0.1, 0.15) is 71.6 Å². The highest BCUT2D eigenvalue weighted by Crippen LogP contribution is 2.69. The third kappa shape index (κ3) is 2.25. The second-order valence-electron chi connectivity index (χ2n) is 10.5. The van der Waals surface area contributed by atoms with Crippen molar-refractivity contribution in [1.82, 2.24) is 0 Å². The Hall–Kier alpha value is -1.16. The van der Waals surface area contributed by atoms with Crippen LogP contribution in [0.25, 0.3) is 0 Å². The fourth-order valence-electron chi connectivity index (χ4n) is 8.20. The molecule has 1 aliphatic heterocycles. The first kappa shape index (κ1) is 17.9. The first-order chi connectivity index (χ1) is 12.8. The Morgan fingerprint density at radius 3 is 2.59 bits per heavy atom. The van der Waals surface area contributed by atoms with Gasteiger partial charge in [0, 0.05) is 24.3 Å². The zero-order valence-corrected chi connectivity index (χ0v) is 16.6. The van der Waals surface area contributed by atoms with Gasteiger partial charge in [-0.1, -0.05) is 13.8 Å². The fraction of sp³-hybridized carbons (Fsp3) is 0.826. The molecule has 148 valence electrons. The minimum absolute atomic E-state index is 0.165. The summed E-state index contributed by atoms with van der Waals surface area (Å²) in [6.45, 7) is 5.08. The minimum Gasteiger partial charge on any atom is -0.458 e. The molecular formula is C23H32O4. The largest absolute Gasteiger partial charge is 0.458 e. The molecule has 0 aromatic heterocycles. The Labute approximate surface area is 161 Å². The summed E-state index contributed by atoms with van der Waals surface area (Å²) < 4.78 is 5.19. The van der Waals surface area contributed by atoms with Crippen molar-refractivity contribution in [3.8, 4) is 0 Å². The van der Waals surface area contributed by atoms with Crippen molar-refractivity contribution in [1.29, 1.82) is 0 Å². The van der Waals surface area contributed by atoms with Gasteiger partial charge in [0.15, 0.2) is 0 Å². The van der Waals surface area contributed by atoms with Crippen LogP contribution in [-0.2, 0) is 14.3 Å². The summed E-state index contributed by atoms with van der Waals surface area (Å²) >= 11 is 0. The zero-order valence-electron chi connectivity index (χ0n) is 16.6. The molecule has 4 nitrogen and oxygen atoms in total. The Morgan fingerprint density at radius 2 is 1.85 bits per heavy atom. The van der Waals surface area contributed by atoms with Gasteiger partial charge in [0.25, 0.3) is 0 Å². The number of ether oxygens (including phenoxy) is 1. The molecule has 4 aliphatic carbocycles. The van der Waals surface area contributed by atoms with Gasteiger partial charge in [0.1, 0.15) is 12.4 Å². The highest BCUT2D eigenvalue weighted by atomic mass is 16.5. The minimum atomic E-state index is -0.650. The van der Waals surface area contributed by atoms with E-state index in [1.807, 2.05) is 0 Å². The van der Waals surface area contributed by atoms with Crippen molar-refractivity contribution in [2.75, 3.05) is 6.61 Å². The monoisotopic (exact) mass is 372 g/mol. The summed E-state index contributed by atoms with van der Waals surface area (Å²) in [6, 6.07) is 0. The van der Waals surface area contributed by atoms with E-state index in [0.717, 1.165) is 63.4 Å². The van der Waals surface area contributed by atoms with E-state index >= 15 is 0 Å². The Morgan fingerprint density at radius 1 is 1.04 bits per heavy atom. The maximum absolute atomic E-state index is 12.1. The van der Waals surface area contributed by atoms with E-state index in [-0.39, 0.29) is 22.7 Å². The molecule has 0 aromatic rings. The average Bonchev–Trinajstić information content (AvgIpc) is 3.16. The standard InChI is InChI=1S/C23H32O4/c1-21-8-5-16(24)12-15(21)3-4-19-18(21)6-9-22(2)17(7-10-23(19,22)26)14-11-20(25)27-13-14/h11,15,17-19,26H,3-10,12-13H2,1-2H3/t15-,17-,18+,19-,21+,22-,23?/m1/s1. The van der Waals surface area contributed by atoms with Crippen molar-refractivity contribution in [2.45, 2.75) is 77.2 Å². The van der Waals surface area contributed by atoms with Gasteiger partial charge >= 0.3 is 5.97 Å². The topological polar surface area (TPSA) is 63.6 Å². The van der Waals surface area contributed by atoms with Crippen molar-refractivity contribution in [3.63, 3.8) is 0 Å². The quantitative estimate of drug-likeness (QED) is 0.711. The Kier molecular flexibility index (Phi) is 3.77. The normalized spacial score (nSPS) is 51.9. The van der Waals surface area contributed by atoms with Crippen LogP contribution in [0, 0.1) is 34.5 Å². The molecule has 7 atom stereocenters. The van der Waals surface area contributed by atoms with Crippen LogP contribution < -0.4 is 0 Å². The lowest BCUT2D eigenvalue weighted by Gasteiger charge is -2.63. The van der Waals surface area contributed by atoms with E-state index in [1.165, 1.54) is 0 Å². The van der Waals surface area contributed by atoms with Crippen LogP contribution in [0.5, 0.6) is 0 Å². The van der Waals surface area contributed by atoms with Crippen molar-refractivity contribution in [3.05, 3.63) is 11.6 Å². The second-order valence-corrected chi connectivity index (χ2v) is 10.5. The number of carbonyl (C=O) groups is 2. The van der Waals surface area contributed by atoms with E-state index in [1.54, 1.807) is 6.08 Å². The van der Waals surface area contributed by atoms with Gasteiger partial charge < -0.3 is 9.84 Å². The molecule has 0 bridgehead atoms. The maximum atomic E-state index is 12.1. The van der Waals surface area contributed by atoms with Crippen LogP contribution in [-0.4, -0.2) is 29.1 Å². The number of ketones is 1. The Balaban J connectivity index is 1.48. The molecule has 4 fully saturated rings. The summed E-state index contributed by atoms with van der Waals surface area (Å²) in [5, 5.41) is 12.1. The summed E-state index contributed by atoms with van der Waals surface area (Å²) in [5.74, 6) is 1.83. The zero-order chi connectivity index (χ0) is 19.0. The molecule has 0 aromatic carbocycles. The number of esters is 1. The lowest BCUT2D eigenvalue weighted by Crippen LogP contribution is -2.62. The van der Waals surface area contributed by atoms with Crippen LogP contribution in [0.15, 0.2) is 11.6 Å². The molecule has 1 N–H and O–H groups in total. The molecule has 1 unspecified atom stereocenters. The SMILES string of the molecule is C[C@]12CCC(=O)C[C@H]1CC[C@@H]1[C@@H]2CC[C@]2(C)[C@@H](C3=CC(=O)OC3)CCC12O. The lowest BCUT2D eigenvalue weighted by molar-refractivity contribution is -0.203. The Bertz CT molecular complexity index is 726. The molecule has 5 aliphatic rings. The van der Waals surface area contributed by atoms with Gasteiger partial charge in [-0.05, 0) is 79.6 Å². The molecule has 27 heavy (non-hydrogen) atoms. The lowest BCUT2D eigenvalue weighted by atomic mass is 9.43. The van der Waals surface area contributed by atoms with E-state index in [0.29, 0.717) is 30.1 Å². The summed E-state index contributed by atoms with van der Waals surface area (Å²) in [4.78, 5) is 23.7. The molecule has 0 radical (unpaired) electrons. The summed E-state index contributed by atoms with van der Waals surface area (Å²) in [7, 11) is 0. The molecule has 5 rings (SSSR count). The fourth-order valence-corrected chi connectivity index (χ4v) is 8.20. The summed E-state index contributed by atoms with van der Waals surface area (Å²) in [5.41, 5.74) is 0.488. The number of Topliss-reactive ketones (excluding diaryl/α,β-unsaturated/α-hetero) is 1. The van der Waals surface area contributed by atoms with E-state index in [2.05, 4.69) is 13.8 Å². The second kappa shape index (κ2) is 5.68. The smallest absolute Gasteiger partial charge is 0.331 e. The number of rotatable bonds is 1. The molecule has 0 spiro atoms. The van der Waals surface area contributed by atoms with Gasteiger partial charge in [-0.3, -0.25) is 4.79 Å². The van der Waals surface area contributed by atoms with Gasteiger partial charge in [-0.2, -0.15) is 0 Å². The molecule has 0 saturated heterocycles. The average molecular weight is 373 g/mol. The van der Waals surface area contributed by atoms with Crippen LogP contribution in [0.2, 0.25) is 0 Å². The number of cyclic esters (lactones) is 1. The van der Waals surface area contributed by atoms with Gasteiger partial charge in [-0.25, -0.2) is 4.79 Å². The highest BCUT2D eigenvalue weighted by molar-refractivity contribution is 5.85. The predicted molar refractivity (Wildman–Crippen MR) is 101 cm³/mol. The predicted octanol–water partition coefficient (Wildman–Crippen LogP) is 3.81. The highest BCUT2D eigenvalue weighted by Gasteiger charge is 2.67.